The number of amides is 2. The molecule has 0 aliphatic heterocycles. The lowest BCUT2D eigenvalue weighted by molar-refractivity contribution is -0.105. The summed E-state index contributed by atoms with van der Waals surface area (Å²) >= 11 is 0. The van der Waals surface area contributed by atoms with E-state index in [4.69, 9.17) is 4.42 Å². The van der Waals surface area contributed by atoms with E-state index in [1.54, 1.807) is 36.4 Å². The topological polar surface area (TPSA) is 71.3 Å². The largest absolute Gasteiger partial charge is 0.451 e. The van der Waals surface area contributed by atoms with Crippen LogP contribution in [0.3, 0.4) is 0 Å². The first-order valence-electron chi connectivity index (χ1n) is 6.36. The molecule has 0 aliphatic carbocycles. The number of hydrogen-bond donors (Lipinski definition) is 2. The van der Waals surface area contributed by atoms with E-state index in [1.165, 1.54) is 0 Å². The molecule has 2 N–H and O–H groups in total. The summed E-state index contributed by atoms with van der Waals surface area (Å²) < 4.78 is 5.50. The van der Waals surface area contributed by atoms with Crippen molar-refractivity contribution in [2.45, 2.75) is 0 Å². The second-order valence-corrected chi connectivity index (χ2v) is 4.45. The minimum absolute atomic E-state index is 0.241. The predicted molar refractivity (Wildman–Crippen MR) is 80.3 cm³/mol. The zero-order valence-corrected chi connectivity index (χ0v) is 11.0. The number of rotatable bonds is 4. The Morgan fingerprint density at radius 2 is 1.81 bits per heavy atom. The number of carbonyl (C=O) groups excluding carboxylic acids is 2. The van der Waals surface area contributed by atoms with Crippen LogP contribution in [0, 0.1) is 0 Å². The van der Waals surface area contributed by atoms with Gasteiger partial charge in [0.2, 0.25) is 6.41 Å². The first-order valence-corrected chi connectivity index (χ1v) is 6.36. The number of carbonyl (C=O) groups is 2. The molecule has 3 rings (SSSR count). The lowest BCUT2D eigenvalue weighted by Crippen LogP contribution is -2.10. The third-order valence-corrected chi connectivity index (χ3v) is 3.00. The second kappa shape index (κ2) is 5.50. The maximum absolute atomic E-state index is 12.2. The highest BCUT2D eigenvalue weighted by atomic mass is 16.3. The average Bonchev–Trinajstić information content (AvgIpc) is 2.92. The Morgan fingerprint density at radius 3 is 2.62 bits per heavy atom. The van der Waals surface area contributed by atoms with E-state index in [2.05, 4.69) is 10.6 Å². The van der Waals surface area contributed by atoms with E-state index in [-0.39, 0.29) is 11.7 Å². The lowest BCUT2D eigenvalue weighted by Gasteiger charge is -2.05. The van der Waals surface area contributed by atoms with Gasteiger partial charge in [0.15, 0.2) is 5.76 Å². The van der Waals surface area contributed by atoms with Crippen LogP contribution in [0.15, 0.2) is 59.0 Å². The molecule has 2 amide bonds. The number of fused-ring (bicyclic) bond motifs is 1. The quantitative estimate of drug-likeness (QED) is 0.720. The first kappa shape index (κ1) is 12.9. The Hall–Kier alpha value is -3.08. The summed E-state index contributed by atoms with van der Waals surface area (Å²) in [5.74, 6) is -0.0978. The Kier molecular flexibility index (Phi) is 3.39. The SMILES string of the molecule is O=CNc1cccc(NC(=O)c2cc3ccccc3o2)c1. The van der Waals surface area contributed by atoms with Gasteiger partial charge >= 0.3 is 0 Å². The van der Waals surface area contributed by atoms with Crippen LogP contribution < -0.4 is 10.6 Å². The smallest absolute Gasteiger partial charge is 0.291 e. The van der Waals surface area contributed by atoms with E-state index in [1.807, 2.05) is 18.2 Å². The van der Waals surface area contributed by atoms with Crippen molar-refractivity contribution in [1.29, 1.82) is 0 Å². The molecule has 0 aliphatic rings. The van der Waals surface area contributed by atoms with Crippen LogP contribution in [-0.4, -0.2) is 12.3 Å². The van der Waals surface area contributed by atoms with E-state index in [0.717, 1.165) is 5.39 Å². The van der Waals surface area contributed by atoms with Crippen LogP contribution in [0.1, 0.15) is 10.6 Å². The number of benzene rings is 2. The van der Waals surface area contributed by atoms with Gasteiger partial charge in [-0.15, -0.1) is 0 Å². The van der Waals surface area contributed by atoms with Gasteiger partial charge in [-0.1, -0.05) is 24.3 Å². The minimum Gasteiger partial charge on any atom is -0.451 e. The van der Waals surface area contributed by atoms with Gasteiger partial charge in [-0.25, -0.2) is 0 Å². The van der Waals surface area contributed by atoms with Crippen molar-refractivity contribution in [3.05, 3.63) is 60.4 Å². The standard InChI is InChI=1S/C16H12N2O3/c19-10-17-12-5-3-6-13(9-12)18-16(20)15-8-11-4-1-2-7-14(11)21-15/h1-10H,(H,17,19)(H,18,20). The minimum atomic E-state index is -0.338. The summed E-state index contributed by atoms with van der Waals surface area (Å²) in [6.07, 6.45) is 0.584. The van der Waals surface area contributed by atoms with Gasteiger partial charge in [0, 0.05) is 16.8 Å². The molecule has 5 nitrogen and oxygen atoms in total. The van der Waals surface area contributed by atoms with Crippen molar-refractivity contribution < 1.29 is 14.0 Å². The third-order valence-electron chi connectivity index (χ3n) is 3.00. The van der Waals surface area contributed by atoms with Crippen molar-refractivity contribution >= 4 is 34.7 Å². The predicted octanol–water partition coefficient (Wildman–Crippen LogP) is 3.25. The molecule has 0 saturated carbocycles. The van der Waals surface area contributed by atoms with Gasteiger partial charge in [0.05, 0.1) is 0 Å². The molecule has 0 unspecified atom stereocenters. The molecule has 0 radical (unpaired) electrons. The van der Waals surface area contributed by atoms with Crippen molar-refractivity contribution in [1.82, 2.24) is 0 Å². The Labute approximate surface area is 120 Å². The molecular formula is C16H12N2O3. The van der Waals surface area contributed by atoms with Gasteiger partial charge < -0.3 is 15.1 Å². The van der Waals surface area contributed by atoms with E-state index in [0.29, 0.717) is 23.4 Å². The van der Waals surface area contributed by atoms with Crippen LogP contribution in [0.5, 0.6) is 0 Å². The van der Waals surface area contributed by atoms with Gasteiger partial charge in [0.25, 0.3) is 5.91 Å². The Bertz CT molecular complexity index is 775. The van der Waals surface area contributed by atoms with E-state index < -0.39 is 0 Å². The molecule has 5 heteroatoms. The molecule has 1 heterocycles. The number of nitrogens with one attached hydrogen (secondary N) is 2. The highest BCUT2D eigenvalue weighted by Gasteiger charge is 2.12. The van der Waals surface area contributed by atoms with E-state index in [9.17, 15) is 9.59 Å². The maximum atomic E-state index is 12.2. The molecule has 21 heavy (non-hydrogen) atoms. The summed E-state index contributed by atoms with van der Waals surface area (Å²) in [5.41, 5.74) is 1.85. The van der Waals surface area contributed by atoms with Gasteiger partial charge in [-0.05, 0) is 30.3 Å². The van der Waals surface area contributed by atoms with Crippen LogP contribution in [0.4, 0.5) is 11.4 Å². The van der Waals surface area contributed by atoms with Gasteiger partial charge in [-0.2, -0.15) is 0 Å². The number of anilines is 2. The average molecular weight is 280 g/mol. The molecule has 104 valence electrons. The fourth-order valence-corrected chi connectivity index (χ4v) is 2.04. The molecule has 0 saturated heterocycles. The number of furan rings is 1. The third kappa shape index (κ3) is 2.76. The molecule has 2 aromatic carbocycles. The monoisotopic (exact) mass is 280 g/mol. The van der Waals surface area contributed by atoms with Crippen molar-refractivity contribution in [3.8, 4) is 0 Å². The molecule has 0 atom stereocenters. The Morgan fingerprint density at radius 1 is 1.00 bits per heavy atom. The van der Waals surface area contributed by atoms with Crippen LogP contribution in [0.2, 0.25) is 0 Å². The van der Waals surface area contributed by atoms with Crippen LogP contribution in [0.25, 0.3) is 11.0 Å². The summed E-state index contributed by atoms with van der Waals surface area (Å²) in [5, 5.41) is 6.13. The number of para-hydroxylation sites is 1. The normalized spacial score (nSPS) is 10.3. The summed E-state index contributed by atoms with van der Waals surface area (Å²) in [4.78, 5) is 22.6. The Balaban J connectivity index is 1.82. The second-order valence-electron chi connectivity index (χ2n) is 4.45. The summed E-state index contributed by atoms with van der Waals surface area (Å²) in [6.45, 7) is 0. The highest BCUT2D eigenvalue weighted by Crippen LogP contribution is 2.20. The maximum Gasteiger partial charge on any atom is 0.291 e. The van der Waals surface area contributed by atoms with Crippen molar-refractivity contribution in [3.63, 3.8) is 0 Å². The van der Waals surface area contributed by atoms with Gasteiger partial charge in [-0.3, -0.25) is 9.59 Å². The van der Waals surface area contributed by atoms with Crippen molar-refractivity contribution in [2.75, 3.05) is 10.6 Å². The summed E-state index contributed by atoms with van der Waals surface area (Å²) in [7, 11) is 0. The van der Waals surface area contributed by atoms with Gasteiger partial charge in [0.1, 0.15) is 5.58 Å². The zero-order valence-electron chi connectivity index (χ0n) is 11.0. The molecule has 0 bridgehead atoms. The fourth-order valence-electron chi connectivity index (χ4n) is 2.04. The molecule has 0 spiro atoms. The molecule has 0 fully saturated rings. The van der Waals surface area contributed by atoms with E-state index >= 15 is 0 Å². The first-order chi connectivity index (χ1) is 10.3. The summed E-state index contributed by atoms with van der Waals surface area (Å²) in [6, 6.07) is 16.0. The highest BCUT2D eigenvalue weighted by molar-refractivity contribution is 6.04. The van der Waals surface area contributed by atoms with Crippen molar-refractivity contribution in [2.24, 2.45) is 0 Å². The lowest BCUT2D eigenvalue weighted by atomic mass is 10.2. The molecule has 1 aromatic heterocycles. The molecular weight excluding hydrogens is 268 g/mol. The van der Waals surface area contributed by atoms with Crippen LogP contribution in [-0.2, 0) is 4.79 Å². The zero-order chi connectivity index (χ0) is 14.7. The van der Waals surface area contributed by atoms with Crippen LogP contribution >= 0.6 is 0 Å². The molecule has 3 aromatic rings. The fraction of sp³-hybridized carbons (Fsp3) is 0. The number of hydrogen-bond acceptors (Lipinski definition) is 3.